The second kappa shape index (κ2) is 6.14. The predicted octanol–water partition coefficient (Wildman–Crippen LogP) is 3.37. The van der Waals surface area contributed by atoms with Crippen molar-refractivity contribution < 1.29 is 8.42 Å². The molecule has 0 fully saturated rings. The van der Waals surface area contributed by atoms with E-state index in [1.165, 1.54) is 11.3 Å². The highest BCUT2D eigenvalue weighted by Crippen LogP contribution is 2.26. The normalized spacial score (nSPS) is 13.9. The molecule has 1 N–H and O–H groups in total. The second-order valence-corrected chi connectivity index (χ2v) is 7.98. The lowest BCUT2D eigenvalue weighted by molar-refractivity contribution is 0.513. The van der Waals surface area contributed by atoms with Crippen LogP contribution in [0.1, 0.15) is 33.1 Å². The first-order chi connectivity index (χ1) is 7.49. The molecule has 0 saturated carbocycles. The van der Waals surface area contributed by atoms with Gasteiger partial charge < -0.3 is 0 Å². The molecule has 0 amide bonds. The first-order valence-electron chi connectivity index (χ1n) is 5.27. The molecule has 1 unspecified atom stereocenters. The number of rotatable bonds is 6. The molecule has 0 aromatic carbocycles. The van der Waals surface area contributed by atoms with E-state index in [1.807, 2.05) is 6.92 Å². The molecule has 0 aliphatic carbocycles. The molecule has 1 atom stereocenters. The van der Waals surface area contributed by atoms with Crippen molar-refractivity contribution >= 4 is 37.3 Å². The highest BCUT2D eigenvalue weighted by molar-refractivity contribution is 9.11. The van der Waals surface area contributed by atoms with Crippen molar-refractivity contribution in [2.75, 3.05) is 0 Å². The van der Waals surface area contributed by atoms with Crippen LogP contribution in [0.15, 0.2) is 20.1 Å². The monoisotopic (exact) mass is 325 g/mol. The lowest BCUT2D eigenvalue weighted by atomic mass is 10.1. The van der Waals surface area contributed by atoms with Crippen molar-refractivity contribution in [3.8, 4) is 0 Å². The Labute approximate surface area is 109 Å². The Bertz CT molecular complexity index is 428. The Balaban J connectivity index is 2.78. The summed E-state index contributed by atoms with van der Waals surface area (Å²) in [6.07, 6.45) is 2.68. The van der Waals surface area contributed by atoms with E-state index in [4.69, 9.17) is 0 Å². The van der Waals surface area contributed by atoms with Gasteiger partial charge in [-0.2, -0.15) is 0 Å². The van der Waals surface area contributed by atoms with E-state index in [2.05, 4.69) is 27.6 Å². The summed E-state index contributed by atoms with van der Waals surface area (Å²) < 4.78 is 27.9. The van der Waals surface area contributed by atoms with Gasteiger partial charge in [-0.15, -0.1) is 11.3 Å². The summed E-state index contributed by atoms with van der Waals surface area (Å²) in [6.45, 7) is 4.05. The van der Waals surface area contributed by atoms with E-state index in [1.54, 1.807) is 12.1 Å². The van der Waals surface area contributed by atoms with Crippen LogP contribution in [0.4, 0.5) is 0 Å². The van der Waals surface area contributed by atoms with Crippen molar-refractivity contribution in [3.63, 3.8) is 0 Å². The van der Waals surface area contributed by atoms with Gasteiger partial charge >= 0.3 is 0 Å². The summed E-state index contributed by atoms with van der Waals surface area (Å²) in [7, 11) is -3.33. The Morgan fingerprint density at radius 1 is 1.44 bits per heavy atom. The standard InChI is InChI=1S/C10H16BrNO2S2/c1-3-5-8(4-2)12-16(13,14)10-7-6-9(11)15-10/h6-8,12H,3-5H2,1-2H3. The highest BCUT2D eigenvalue weighted by atomic mass is 79.9. The molecule has 0 spiro atoms. The molecule has 0 saturated heterocycles. The van der Waals surface area contributed by atoms with Gasteiger partial charge in [0.15, 0.2) is 0 Å². The quantitative estimate of drug-likeness (QED) is 0.871. The summed E-state index contributed by atoms with van der Waals surface area (Å²) in [5.74, 6) is 0. The van der Waals surface area contributed by atoms with Gasteiger partial charge in [-0.05, 0) is 40.9 Å². The minimum absolute atomic E-state index is 0.0378. The van der Waals surface area contributed by atoms with Gasteiger partial charge in [-0.1, -0.05) is 20.3 Å². The highest BCUT2D eigenvalue weighted by Gasteiger charge is 2.20. The summed E-state index contributed by atoms with van der Waals surface area (Å²) in [5.41, 5.74) is 0. The Morgan fingerprint density at radius 2 is 2.12 bits per heavy atom. The van der Waals surface area contributed by atoms with Crippen LogP contribution in [0.25, 0.3) is 0 Å². The van der Waals surface area contributed by atoms with Gasteiger partial charge in [-0.25, -0.2) is 13.1 Å². The molecular formula is C10H16BrNO2S2. The lowest BCUT2D eigenvalue weighted by Gasteiger charge is -2.15. The van der Waals surface area contributed by atoms with Gasteiger partial charge in [0.2, 0.25) is 10.0 Å². The van der Waals surface area contributed by atoms with Gasteiger partial charge in [-0.3, -0.25) is 0 Å². The van der Waals surface area contributed by atoms with E-state index in [0.29, 0.717) is 4.21 Å². The first-order valence-corrected chi connectivity index (χ1v) is 8.36. The van der Waals surface area contributed by atoms with Crippen molar-refractivity contribution in [1.29, 1.82) is 0 Å². The SMILES string of the molecule is CCCC(CC)NS(=O)(=O)c1ccc(Br)s1. The van der Waals surface area contributed by atoms with Gasteiger partial charge in [0, 0.05) is 6.04 Å². The molecule has 1 rings (SSSR count). The fraction of sp³-hybridized carbons (Fsp3) is 0.600. The second-order valence-electron chi connectivity index (χ2n) is 3.57. The number of sulfonamides is 1. The Morgan fingerprint density at radius 3 is 2.56 bits per heavy atom. The summed E-state index contributed by atoms with van der Waals surface area (Å²) in [6, 6.07) is 3.41. The van der Waals surface area contributed by atoms with Crippen LogP contribution in [0.2, 0.25) is 0 Å². The van der Waals surface area contributed by atoms with E-state index >= 15 is 0 Å². The number of nitrogens with one attached hydrogen (secondary N) is 1. The smallest absolute Gasteiger partial charge is 0.207 e. The molecule has 0 aliphatic rings. The number of thiophene rings is 1. The number of halogens is 1. The minimum atomic E-state index is -3.33. The zero-order valence-electron chi connectivity index (χ0n) is 9.36. The summed E-state index contributed by atoms with van der Waals surface area (Å²) in [5, 5.41) is 0. The van der Waals surface area contributed by atoms with Gasteiger partial charge in [0.1, 0.15) is 4.21 Å². The maximum atomic E-state index is 12.0. The van der Waals surface area contributed by atoms with Crippen LogP contribution in [0.3, 0.4) is 0 Å². The molecule has 0 aliphatic heterocycles. The zero-order valence-corrected chi connectivity index (χ0v) is 12.6. The van der Waals surface area contributed by atoms with E-state index in [9.17, 15) is 8.42 Å². The average Bonchev–Trinajstić information content (AvgIpc) is 2.64. The third kappa shape index (κ3) is 3.84. The topological polar surface area (TPSA) is 46.2 Å². The van der Waals surface area contributed by atoms with E-state index < -0.39 is 10.0 Å². The van der Waals surface area contributed by atoms with Gasteiger partial charge in [0.05, 0.1) is 3.79 Å². The molecule has 0 radical (unpaired) electrons. The maximum Gasteiger partial charge on any atom is 0.250 e. The van der Waals surface area contributed by atoms with Crippen molar-refractivity contribution in [2.45, 2.75) is 43.4 Å². The minimum Gasteiger partial charge on any atom is -0.207 e. The average molecular weight is 326 g/mol. The third-order valence-corrected chi connectivity index (χ3v) is 5.90. The summed E-state index contributed by atoms with van der Waals surface area (Å²) in [4.78, 5) is 0. The first kappa shape index (κ1) is 14.2. The van der Waals surface area contributed by atoms with Crippen molar-refractivity contribution in [1.82, 2.24) is 4.72 Å². The van der Waals surface area contributed by atoms with Crippen LogP contribution in [0.5, 0.6) is 0 Å². The fourth-order valence-corrected chi connectivity index (χ4v) is 4.79. The zero-order chi connectivity index (χ0) is 12.2. The Kier molecular flexibility index (Phi) is 5.43. The largest absolute Gasteiger partial charge is 0.250 e. The summed E-state index contributed by atoms with van der Waals surface area (Å²) >= 11 is 4.50. The van der Waals surface area contributed by atoms with Crippen LogP contribution in [-0.4, -0.2) is 14.5 Å². The van der Waals surface area contributed by atoms with Crippen LogP contribution >= 0.6 is 27.3 Å². The molecule has 1 aromatic rings. The molecule has 16 heavy (non-hydrogen) atoms. The fourth-order valence-electron chi connectivity index (χ4n) is 1.41. The molecule has 0 bridgehead atoms. The molecule has 3 nitrogen and oxygen atoms in total. The van der Waals surface area contributed by atoms with E-state index in [0.717, 1.165) is 23.0 Å². The number of hydrogen-bond acceptors (Lipinski definition) is 3. The maximum absolute atomic E-state index is 12.0. The molecule has 6 heteroatoms. The van der Waals surface area contributed by atoms with Crippen LogP contribution < -0.4 is 4.72 Å². The predicted molar refractivity (Wildman–Crippen MR) is 71.3 cm³/mol. The van der Waals surface area contributed by atoms with Crippen molar-refractivity contribution in [3.05, 3.63) is 15.9 Å². The molecule has 1 aromatic heterocycles. The Hall–Kier alpha value is 0.0900. The third-order valence-electron chi connectivity index (χ3n) is 2.27. The van der Waals surface area contributed by atoms with Crippen LogP contribution in [0, 0.1) is 0 Å². The molecule has 92 valence electrons. The van der Waals surface area contributed by atoms with Gasteiger partial charge in [0.25, 0.3) is 0 Å². The van der Waals surface area contributed by atoms with Crippen molar-refractivity contribution in [2.24, 2.45) is 0 Å². The number of hydrogen-bond donors (Lipinski definition) is 1. The molecular weight excluding hydrogens is 310 g/mol. The lowest BCUT2D eigenvalue weighted by Crippen LogP contribution is -2.33. The van der Waals surface area contributed by atoms with E-state index in [-0.39, 0.29) is 6.04 Å². The molecule has 1 heterocycles. The van der Waals surface area contributed by atoms with Crippen LogP contribution in [-0.2, 0) is 10.0 Å².